The highest BCUT2D eigenvalue weighted by molar-refractivity contribution is 6.41. The molecule has 2 atom stereocenters. The minimum atomic E-state index is -0.458. The summed E-state index contributed by atoms with van der Waals surface area (Å²) in [6.45, 7) is 3.73. The van der Waals surface area contributed by atoms with Crippen LogP contribution in [0, 0.1) is 17.3 Å². The number of hydrogen-bond donors (Lipinski definition) is 0. The van der Waals surface area contributed by atoms with E-state index in [1.165, 1.54) is 0 Å². The number of hydrogen-bond acceptors (Lipinski definition) is 2. The van der Waals surface area contributed by atoms with Gasteiger partial charge in [0.2, 0.25) is 11.6 Å². The predicted octanol–water partition coefficient (Wildman–Crippen LogP) is 1.36. The van der Waals surface area contributed by atoms with Crippen LogP contribution >= 0.6 is 0 Å². The highest BCUT2D eigenvalue weighted by Crippen LogP contribution is 2.44. The summed E-state index contributed by atoms with van der Waals surface area (Å²) in [5, 5.41) is 0. The van der Waals surface area contributed by atoms with Gasteiger partial charge < -0.3 is 0 Å². The van der Waals surface area contributed by atoms with Crippen LogP contribution in [-0.2, 0) is 9.59 Å². The largest absolute Gasteiger partial charge is 0.290 e. The lowest BCUT2D eigenvalue weighted by molar-refractivity contribution is -0.147. The van der Waals surface area contributed by atoms with Gasteiger partial charge >= 0.3 is 0 Å². The van der Waals surface area contributed by atoms with Crippen LogP contribution in [0.25, 0.3) is 0 Å². The van der Waals surface area contributed by atoms with Gasteiger partial charge in [-0.1, -0.05) is 26.0 Å². The van der Waals surface area contributed by atoms with Crippen molar-refractivity contribution in [2.24, 2.45) is 17.3 Å². The lowest BCUT2D eigenvalue weighted by atomic mass is 9.68. The summed E-state index contributed by atoms with van der Waals surface area (Å²) >= 11 is 0. The minimum Gasteiger partial charge on any atom is -0.290 e. The average Bonchev–Trinajstić information content (AvgIpc) is 2.46. The molecule has 0 radical (unpaired) electrons. The van der Waals surface area contributed by atoms with Gasteiger partial charge in [-0.15, -0.1) is 0 Å². The van der Waals surface area contributed by atoms with E-state index in [1.54, 1.807) is 0 Å². The topological polar surface area (TPSA) is 34.1 Å². The Morgan fingerprint density at radius 2 is 2.00 bits per heavy atom. The zero-order valence-corrected chi connectivity index (χ0v) is 7.33. The first-order valence-corrected chi connectivity index (χ1v) is 4.30. The molecule has 0 aromatic rings. The molecule has 0 amide bonds. The number of Topliss-reactive ketones (excluding diaryl/α,β-unsaturated/α-hetero) is 2. The van der Waals surface area contributed by atoms with Crippen molar-refractivity contribution in [2.75, 3.05) is 0 Å². The molecule has 2 nitrogen and oxygen atoms in total. The molecule has 0 aromatic carbocycles. The maximum atomic E-state index is 11.5. The van der Waals surface area contributed by atoms with Crippen LogP contribution in [0.1, 0.15) is 20.3 Å². The SMILES string of the molecule is CC1(C)C(=O)C(=O)C2C=CC1C2. The van der Waals surface area contributed by atoms with Crippen LogP contribution in [-0.4, -0.2) is 11.6 Å². The van der Waals surface area contributed by atoms with Gasteiger partial charge in [-0.2, -0.15) is 0 Å². The molecular weight excluding hydrogens is 152 g/mol. The van der Waals surface area contributed by atoms with Crippen molar-refractivity contribution in [2.45, 2.75) is 20.3 Å². The first kappa shape index (κ1) is 7.71. The van der Waals surface area contributed by atoms with Gasteiger partial charge in [0.1, 0.15) is 0 Å². The summed E-state index contributed by atoms with van der Waals surface area (Å²) in [6.07, 6.45) is 4.75. The number of carbonyl (C=O) groups is 2. The van der Waals surface area contributed by atoms with Crippen LogP contribution in [0.3, 0.4) is 0 Å². The van der Waals surface area contributed by atoms with E-state index in [-0.39, 0.29) is 23.4 Å². The van der Waals surface area contributed by atoms with Gasteiger partial charge in [0.25, 0.3) is 0 Å². The quantitative estimate of drug-likeness (QED) is 0.400. The Kier molecular flexibility index (Phi) is 1.33. The van der Waals surface area contributed by atoms with Crippen molar-refractivity contribution in [1.29, 1.82) is 0 Å². The zero-order chi connectivity index (χ0) is 8.93. The molecule has 0 saturated heterocycles. The van der Waals surface area contributed by atoms with E-state index in [9.17, 15) is 9.59 Å². The number of rotatable bonds is 0. The van der Waals surface area contributed by atoms with E-state index in [0.29, 0.717) is 0 Å². The Morgan fingerprint density at radius 1 is 1.33 bits per heavy atom. The Bertz CT molecular complexity index is 286. The van der Waals surface area contributed by atoms with Gasteiger partial charge in [0.15, 0.2) is 0 Å². The Labute approximate surface area is 71.6 Å². The van der Waals surface area contributed by atoms with Gasteiger partial charge in [-0.25, -0.2) is 0 Å². The van der Waals surface area contributed by atoms with Crippen LogP contribution < -0.4 is 0 Å². The fourth-order valence-electron chi connectivity index (χ4n) is 2.08. The second-order valence-electron chi connectivity index (χ2n) is 4.25. The van der Waals surface area contributed by atoms with Crippen molar-refractivity contribution < 1.29 is 9.59 Å². The maximum absolute atomic E-state index is 11.5. The fraction of sp³-hybridized carbons (Fsp3) is 0.600. The van der Waals surface area contributed by atoms with Gasteiger partial charge in [-0.3, -0.25) is 9.59 Å². The maximum Gasteiger partial charge on any atom is 0.205 e. The summed E-state index contributed by atoms with van der Waals surface area (Å²) in [5.74, 6) is -0.193. The van der Waals surface area contributed by atoms with E-state index >= 15 is 0 Å². The van der Waals surface area contributed by atoms with Crippen molar-refractivity contribution >= 4 is 11.6 Å². The second kappa shape index (κ2) is 2.06. The first-order valence-electron chi connectivity index (χ1n) is 4.30. The highest BCUT2D eigenvalue weighted by atomic mass is 16.2. The molecule has 0 aliphatic heterocycles. The summed E-state index contributed by atoms with van der Waals surface area (Å²) in [5.41, 5.74) is -0.458. The van der Waals surface area contributed by atoms with Crippen LogP contribution in [0.2, 0.25) is 0 Å². The van der Waals surface area contributed by atoms with Gasteiger partial charge in [0, 0.05) is 11.3 Å². The number of fused-ring (bicyclic) bond motifs is 2. The molecule has 0 spiro atoms. The summed E-state index contributed by atoms with van der Waals surface area (Å²) in [7, 11) is 0. The molecule has 12 heavy (non-hydrogen) atoms. The molecule has 64 valence electrons. The average molecular weight is 164 g/mol. The minimum absolute atomic E-state index is 0.101. The lowest BCUT2D eigenvalue weighted by Gasteiger charge is -2.33. The van der Waals surface area contributed by atoms with Crippen LogP contribution in [0.15, 0.2) is 12.2 Å². The molecule has 2 heteroatoms. The molecule has 1 fully saturated rings. The molecule has 2 aliphatic carbocycles. The molecule has 2 unspecified atom stereocenters. The van der Waals surface area contributed by atoms with Gasteiger partial charge in [-0.05, 0) is 12.3 Å². The predicted molar refractivity (Wildman–Crippen MR) is 44.5 cm³/mol. The zero-order valence-electron chi connectivity index (χ0n) is 7.33. The Morgan fingerprint density at radius 3 is 2.67 bits per heavy atom. The summed E-state index contributed by atoms with van der Waals surface area (Å²) in [4.78, 5) is 22.9. The second-order valence-corrected chi connectivity index (χ2v) is 4.25. The first-order chi connectivity index (χ1) is 5.53. The smallest absolute Gasteiger partial charge is 0.205 e. The molecule has 0 N–H and O–H groups in total. The van der Waals surface area contributed by atoms with E-state index in [4.69, 9.17) is 0 Å². The van der Waals surface area contributed by atoms with Crippen molar-refractivity contribution in [3.05, 3.63) is 12.2 Å². The number of ketones is 2. The number of carbonyl (C=O) groups excluding carboxylic acids is 2. The van der Waals surface area contributed by atoms with E-state index in [0.717, 1.165) is 6.42 Å². The highest BCUT2D eigenvalue weighted by Gasteiger charge is 2.49. The molecule has 2 rings (SSSR count). The van der Waals surface area contributed by atoms with Crippen LogP contribution in [0.4, 0.5) is 0 Å². The lowest BCUT2D eigenvalue weighted by Crippen LogP contribution is -2.43. The summed E-state index contributed by atoms with van der Waals surface area (Å²) < 4.78 is 0. The monoisotopic (exact) mass is 164 g/mol. The van der Waals surface area contributed by atoms with Crippen molar-refractivity contribution in [3.8, 4) is 0 Å². The van der Waals surface area contributed by atoms with Crippen molar-refractivity contribution in [1.82, 2.24) is 0 Å². The molecule has 0 aromatic heterocycles. The third kappa shape index (κ3) is 0.752. The standard InChI is InChI=1S/C10H12O2/c1-10(2)7-4-3-6(5-7)8(11)9(10)12/h3-4,6-7H,5H2,1-2H3. The Hall–Kier alpha value is -0.920. The van der Waals surface area contributed by atoms with E-state index in [2.05, 4.69) is 0 Å². The summed E-state index contributed by atoms with van der Waals surface area (Å²) in [6, 6.07) is 0. The van der Waals surface area contributed by atoms with E-state index < -0.39 is 5.41 Å². The molecule has 2 aliphatic rings. The third-order valence-electron chi connectivity index (χ3n) is 3.16. The molecule has 0 heterocycles. The Balaban J connectivity index is 2.45. The normalized spacial score (nSPS) is 37.5. The van der Waals surface area contributed by atoms with Gasteiger partial charge in [0.05, 0.1) is 0 Å². The molecular formula is C10H12O2. The van der Waals surface area contributed by atoms with E-state index in [1.807, 2.05) is 26.0 Å². The molecule has 2 bridgehead atoms. The van der Waals surface area contributed by atoms with Crippen LogP contribution in [0.5, 0.6) is 0 Å². The number of allylic oxidation sites excluding steroid dienone is 2. The van der Waals surface area contributed by atoms with Crippen molar-refractivity contribution in [3.63, 3.8) is 0 Å². The fourth-order valence-corrected chi connectivity index (χ4v) is 2.08. The molecule has 1 saturated carbocycles. The third-order valence-corrected chi connectivity index (χ3v) is 3.16.